The van der Waals surface area contributed by atoms with Crippen molar-refractivity contribution in [2.24, 2.45) is 0 Å². The normalized spacial score (nSPS) is 10.6. The fourth-order valence-corrected chi connectivity index (χ4v) is 2.28. The maximum atomic E-state index is 5.85. The van der Waals surface area contributed by atoms with Crippen LogP contribution in [-0.4, -0.2) is 10.2 Å². The zero-order valence-electron chi connectivity index (χ0n) is 6.12. The molecular weight excluding hydrogens is 233 g/mol. The predicted octanol–water partition coefficient (Wildman–Crippen LogP) is 2.69. The zero-order chi connectivity index (χ0) is 9.42. The SMILES string of the molecule is Nc1nnc(-c2cc(Cl)sc2Cl)o1. The van der Waals surface area contributed by atoms with Crippen LogP contribution in [0.2, 0.25) is 8.67 Å². The second kappa shape index (κ2) is 3.17. The molecule has 0 saturated carbocycles. The molecule has 13 heavy (non-hydrogen) atoms. The Bertz CT molecular complexity index is 439. The Balaban J connectivity index is 2.51. The van der Waals surface area contributed by atoms with Gasteiger partial charge >= 0.3 is 6.01 Å². The summed E-state index contributed by atoms with van der Waals surface area (Å²) < 4.78 is 6.06. The molecule has 0 bridgehead atoms. The van der Waals surface area contributed by atoms with E-state index in [2.05, 4.69) is 10.2 Å². The zero-order valence-corrected chi connectivity index (χ0v) is 8.45. The number of nitrogens with zero attached hydrogens (tertiary/aromatic N) is 2. The molecule has 0 spiro atoms. The van der Waals surface area contributed by atoms with E-state index in [1.165, 1.54) is 11.3 Å². The van der Waals surface area contributed by atoms with Gasteiger partial charge in [0.15, 0.2) is 0 Å². The quantitative estimate of drug-likeness (QED) is 0.826. The summed E-state index contributed by atoms with van der Waals surface area (Å²) in [4.78, 5) is 0. The number of hydrogen-bond donors (Lipinski definition) is 1. The molecule has 2 aromatic rings. The minimum absolute atomic E-state index is 0.00777. The van der Waals surface area contributed by atoms with Crippen molar-refractivity contribution in [3.63, 3.8) is 0 Å². The summed E-state index contributed by atoms with van der Waals surface area (Å²) in [6.07, 6.45) is 0. The Kier molecular flexibility index (Phi) is 2.15. The van der Waals surface area contributed by atoms with E-state index in [0.29, 0.717) is 14.2 Å². The molecule has 2 aromatic heterocycles. The molecule has 0 aliphatic heterocycles. The van der Waals surface area contributed by atoms with Gasteiger partial charge in [-0.1, -0.05) is 28.3 Å². The Labute approximate surface area is 87.3 Å². The number of nitrogens with two attached hydrogens (primary N) is 1. The van der Waals surface area contributed by atoms with Crippen LogP contribution in [0.25, 0.3) is 11.5 Å². The molecule has 0 radical (unpaired) electrons. The molecule has 2 heterocycles. The summed E-state index contributed by atoms with van der Waals surface area (Å²) in [6.45, 7) is 0. The molecule has 0 aromatic carbocycles. The van der Waals surface area contributed by atoms with Crippen molar-refractivity contribution in [3.8, 4) is 11.5 Å². The first-order chi connectivity index (χ1) is 6.16. The lowest BCUT2D eigenvalue weighted by Crippen LogP contribution is -1.81. The van der Waals surface area contributed by atoms with E-state index < -0.39 is 0 Å². The van der Waals surface area contributed by atoms with E-state index in [0.717, 1.165) is 0 Å². The van der Waals surface area contributed by atoms with Crippen LogP contribution in [-0.2, 0) is 0 Å². The van der Waals surface area contributed by atoms with Gasteiger partial charge in [0, 0.05) is 0 Å². The predicted molar refractivity (Wildman–Crippen MR) is 52.0 cm³/mol. The lowest BCUT2D eigenvalue weighted by atomic mass is 10.3. The molecule has 7 heteroatoms. The van der Waals surface area contributed by atoms with Crippen LogP contribution < -0.4 is 5.73 Å². The van der Waals surface area contributed by atoms with E-state index in [-0.39, 0.29) is 11.9 Å². The van der Waals surface area contributed by atoms with Gasteiger partial charge in [-0.15, -0.1) is 16.4 Å². The van der Waals surface area contributed by atoms with Gasteiger partial charge in [0.25, 0.3) is 5.89 Å². The van der Waals surface area contributed by atoms with Gasteiger partial charge < -0.3 is 10.2 Å². The first-order valence-electron chi connectivity index (χ1n) is 3.21. The molecular formula is C6H3Cl2N3OS. The molecule has 4 nitrogen and oxygen atoms in total. The second-order valence-corrected chi connectivity index (χ2v) is 4.47. The van der Waals surface area contributed by atoms with Crippen LogP contribution in [0.5, 0.6) is 0 Å². The van der Waals surface area contributed by atoms with Crippen molar-refractivity contribution in [2.45, 2.75) is 0 Å². The number of nitrogen functional groups attached to an aromatic ring is 1. The number of rotatable bonds is 1. The van der Waals surface area contributed by atoms with Gasteiger partial charge in [0.2, 0.25) is 0 Å². The van der Waals surface area contributed by atoms with Crippen LogP contribution in [0.3, 0.4) is 0 Å². The van der Waals surface area contributed by atoms with Crippen LogP contribution in [0, 0.1) is 0 Å². The summed E-state index contributed by atoms with van der Waals surface area (Å²) >= 11 is 12.8. The topological polar surface area (TPSA) is 64.9 Å². The highest BCUT2D eigenvalue weighted by Crippen LogP contribution is 2.37. The highest BCUT2D eigenvalue weighted by atomic mass is 35.5. The van der Waals surface area contributed by atoms with Gasteiger partial charge in [-0.05, 0) is 6.07 Å². The fraction of sp³-hybridized carbons (Fsp3) is 0. The van der Waals surface area contributed by atoms with Crippen LogP contribution >= 0.6 is 34.5 Å². The van der Waals surface area contributed by atoms with Crippen LogP contribution in [0.15, 0.2) is 10.5 Å². The highest BCUT2D eigenvalue weighted by Gasteiger charge is 2.13. The summed E-state index contributed by atoms with van der Waals surface area (Å²) in [7, 11) is 0. The van der Waals surface area contributed by atoms with E-state index >= 15 is 0 Å². The average molecular weight is 236 g/mol. The Morgan fingerprint density at radius 1 is 1.38 bits per heavy atom. The van der Waals surface area contributed by atoms with E-state index in [1.807, 2.05) is 0 Å². The molecule has 0 aliphatic rings. The second-order valence-electron chi connectivity index (χ2n) is 2.18. The molecule has 68 valence electrons. The number of hydrogen-bond acceptors (Lipinski definition) is 5. The molecule has 2 N–H and O–H groups in total. The Morgan fingerprint density at radius 2 is 2.15 bits per heavy atom. The smallest absolute Gasteiger partial charge is 0.313 e. The summed E-state index contributed by atoms with van der Waals surface area (Å²) in [5, 5.41) is 7.19. The van der Waals surface area contributed by atoms with Gasteiger partial charge in [-0.25, -0.2) is 0 Å². The van der Waals surface area contributed by atoms with Gasteiger partial charge in [0.1, 0.15) is 4.34 Å². The summed E-state index contributed by atoms with van der Waals surface area (Å²) in [5.74, 6) is 0.283. The molecule has 0 atom stereocenters. The standard InChI is InChI=1S/C6H3Cl2N3OS/c7-3-1-2(4(8)13-3)5-10-11-6(9)12-5/h1H,(H2,9,11). The van der Waals surface area contributed by atoms with Gasteiger partial charge in [-0.2, -0.15) is 0 Å². The maximum Gasteiger partial charge on any atom is 0.313 e. The van der Waals surface area contributed by atoms with Crippen molar-refractivity contribution in [3.05, 3.63) is 14.7 Å². The minimum atomic E-state index is 0.00777. The third-order valence-corrected chi connectivity index (χ3v) is 2.82. The van der Waals surface area contributed by atoms with Crippen molar-refractivity contribution < 1.29 is 4.42 Å². The first kappa shape index (κ1) is 8.80. The monoisotopic (exact) mass is 235 g/mol. The third kappa shape index (κ3) is 1.63. The van der Waals surface area contributed by atoms with Crippen molar-refractivity contribution >= 4 is 40.6 Å². The summed E-state index contributed by atoms with van der Waals surface area (Å²) in [5.41, 5.74) is 5.87. The molecule has 0 fully saturated rings. The van der Waals surface area contributed by atoms with E-state index in [4.69, 9.17) is 33.4 Å². The molecule has 2 rings (SSSR count). The van der Waals surface area contributed by atoms with Crippen molar-refractivity contribution in [1.82, 2.24) is 10.2 Å². The lowest BCUT2D eigenvalue weighted by Gasteiger charge is -1.86. The Morgan fingerprint density at radius 3 is 2.62 bits per heavy atom. The number of thiophene rings is 1. The first-order valence-corrected chi connectivity index (χ1v) is 4.78. The van der Waals surface area contributed by atoms with Gasteiger partial charge in [-0.3, -0.25) is 0 Å². The molecule has 0 amide bonds. The number of anilines is 1. The minimum Gasteiger partial charge on any atom is -0.403 e. The van der Waals surface area contributed by atoms with Crippen LogP contribution in [0.4, 0.5) is 6.01 Å². The van der Waals surface area contributed by atoms with E-state index in [9.17, 15) is 0 Å². The van der Waals surface area contributed by atoms with Crippen molar-refractivity contribution in [2.75, 3.05) is 5.73 Å². The molecule has 0 saturated heterocycles. The third-order valence-electron chi connectivity index (χ3n) is 1.33. The fourth-order valence-electron chi connectivity index (χ4n) is 0.829. The van der Waals surface area contributed by atoms with Gasteiger partial charge in [0.05, 0.1) is 9.90 Å². The summed E-state index contributed by atoms with van der Waals surface area (Å²) in [6, 6.07) is 1.66. The number of aromatic nitrogens is 2. The highest BCUT2D eigenvalue weighted by molar-refractivity contribution is 7.20. The molecule has 0 unspecified atom stereocenters. The molecule has 0 aliphatic carbocycles. The number of halogens is 2. The van der Waals surface area contributed by atoms with E-state index in [1.54, 1.807) is 6.07 Å². The van der Waals surface area contributed by atoms with Crippen LogP contribution in [0.1, 0.15) is 0 Å². The Hall–Kier alpha value is -0.780. The lowest BCUT2D eigenvalue weighted by molar-refractivity contribution is 0.590. The maximum absolute atomic E-state index is 5.85. The largest absolute Gasteiger partial charge is 0.403 e. The average Bonchev–Trinajstić information content (AvgIpc) is 2.58. The van der Waals surface area contributed by atoms with Crippen molar-refractivity contribution in [1.29, 1.82) is 0 Å².